The van der Waals surface area contributed by atoms with Crippen LogP contribution in [0.3, 0.4) is 0 Å². The van der Waals surface area contributed by atoms with Gasteiger partial charge >= 0.3 is 5.97 Å². The molecule has 14 heteroatoms. The summed E-state index contributed by atoms with van der Waals surface area (Å²) >= 11 is 0. The number of ether oxygens (including phenoxy) is 2. The quantitative estimate of drug-likeness (QED) is 0.313. The van der Waals surface area contributed by atoms with Crippen LogP contribution in [0.4, 0.5) is 13.2 Å². The number of pyridine rings is 1. The van der Waals surface area contributed by atoms with Gasteiger partial charge in [0.1, 0.15) is 36.2 Å². The van der Waals surface area contributed by atoms with Gasteiger partial charge in [-0.2, -0.15) is 0 Å². The fourth-order valence-corrected chi connectivity index (χ4v) is 3.92. The smallest absolute Gasteiger partial charge is 0.335 e. The zero-order chi connectivity index (χ0) is 26.0. The van der Waals surface area contributed by atoms with Crippen LogP contribution in [0.2, 0.25) is 0 Å². The number of carboxylic acids is 1. The predicted molar refractivity (Wildman–Crippen MR) is 113 cm³/mol. The highest BCUT2D eigenvalue weighted by molar-refractivity contribution is 5.73. The van der Waals surface area contributed by atoms with Crippen LogP contribution in [0.15, 0.2) is 42.7 Å². The Morgan fingerprint density at radius 1 is 1.17 bits per heavy atom. The summed E-state index contributed by atoms with van der Waals surface area (Å²) in [6.45, 7) is -0.986. The lowest BCUT2D eigenvalue weighted by Gasteiger charge is -2.43. The third kappa shape index (κ3) is 5.08. The number of hydrogen-bond acceptors (Lipinski definition) is 9. The summed E-state index contributed by atoms with van der Waals surface area (Å²) in [5, 5.41) is 48.7. The Kier molecular flexibility index (Phi) is 7.61. The van der Waals surface area contributed by atoms with Crippen molar-refractivity contribution >= 4 is 5.97 Å². The zero-order valence-electron chi connectivity index (χ0n) is 18.4. The van der Waals surface area contributed by atoms with Crippen molar-refractivity contribution < 1.29 is 47.9 Å². The molecule has 0 saturated carbocycles. The second-order valence-electron chi connectivity index (χ2n) is 8.02. The Morgan fingerprint density at radius 3 is 2.50 bits per heavy atom. The molecule has 4 N–H and O–H groups in total. The van der Waals surface area contributed by atoms with Gasteiger partial charge in [0, 0.05) is 11.8 Å². The van der Waals surface area contributed by atoms with Gasteiger partial charge in [-0.25, -0.2) is 22.6 Å². The molecule has 2 aromatic heterocycles. The summed E-state index contributed by atoms with van der Waals surface area (Å²) in [5.74, 6) is -6.07. The summed E-state index contributed by atoms with van der Waals surface area (Å²) in [6, 6.07) is 4.90. The highest BCUT2D eigenvalue weighted by Gasteiger charge is 2.50. The molecule has 1 aliphatic heterocycles. The molecule has 4 rings (SSSR count). The molecule has 6 atom stereocenters. The zero-order valence-corrected chi connectivity index (χ0v) is 18.4. The van der Waals surface area contributed by atoms with Crippen molar-refractivity contribution in [2.45, 2.75) is 43.2 Å². The maximum atomic E-state index is 13.7. The van der Waals surface area contributed by atoms with Crippen LogP contribution in [-0.2, 0) is 20.9 Å². The Bertz CT molecular complexity index is 1190. The number of rotatable bonds is 8. The Morgan fingerprint density at radius 2 is 1.89 bits per heavy atom. The lowest BCUT2D eigenvalue weighted by molar-refractivity contribution is -0.239. The van der Waals surface area contributed by atoms with Crippen LogP contribution < -0.4 is 0 Å². The van der Waals surface area contributed by atoms with E-state index in [-0.39, 0.29) is 17.9 Å². The normalized spacial score (nSPS) is 25.0. The van der Waals surface area contributed by atoms with E-state index in [1.165, 1.54) is 6.20 Å². The summed E-state index contributed by atoms with van der Waals surface area (Å²) in [4.78, 5) is 16.0. The molecule has 36 heavy (non-hydrogen) atoms. The molecule has 0 aliphatic carbocycles. The number of aliphatic carboxylic acids is 1. The van der Waals surface area contributed by atoms with E-state index in [0.29, 0.717) is 17.8 Å². The highest BCUT2D eigenvalue weighted by atomic mass is 19.2. The Hall–Kier alpha value is -3.43. The number of aromatic nitrogens is 4. The average molecular weight is 510 g/mol. The maximum Gasteiger partial charge on any atom is 0.335 e. The molecule has 3 aromatic rings. The number of carbonyl (C=O) groups is 1. The molecule has 11 nitrogen and oxygen atoms in total. The molecule has 3 unspecified atom stereocenters. The van der Waals surface area contributed by atoms with Crippen molar-refractivity contribution in [3.05, 3.63) is 65.9 Å². The molecule has 1 aliphatic rings. The van der Waals surface area contributed by atoms with Gasteiger partial charge < -0.3 is 29.9 Å². The molecule has 0 amide bonds. The number of aliphatic hydroxyl groups is 3. The summed E-state index contributed by atoms with van der Waals surface area (Å²) in [5.41, 5.74) is 0.104. The first-order valence-corrected chi connectivity index (χ1v) is 10.6. The van der Waals surface area contributed by atoms with Crippen molar-refractivity contribution in [3.8, 4) is 11.3 Å². The highest BCUT2D eigenvalue weighted by Crippen LogP contribution is 2.33. The monoisotopic (exact) mass is 510 g/mol. The fourth-order valence-electron chi connectivity index (χ4n) is 3.92. The number of nitrogens with zero attached hydrogens (tertiary/aromatic N) is 4. The van der Waals surface area contributed by atoms with Crippen LogP contribution in [0, 0.1) is 17.5 Å². The Balaban J connectivity index is 1.62. The second-order valence-corrected chi connectivity index (χ2v) is 8.02. The minimum atomic E-state index is -1.75. The fraction of sp³-hybridized carbons (Fsp3) is 0.364. The molecule has 192 valence electrons. The largest absolute Gasteiger partial charge is 0.479 e. The van der Waals surface area contributed by atoms with Crippen molar-refractivity contribution in [2.75, 3.05) is 6.61 Å². The van der Waals surface area contributed by atoms with Gasteiger partial charge in [-0.3, -0.25) is 4.98 Å². The molecule has 0 bridgehead atoms. The first-order valence-electron chi connectivity index (χ1n) is 10.6. The van der Waals surface area contributed by atoms with Gasteiger partial charge in [-0.05, 0) is 24.3 Å². The lowest BCUT2D eigenvalue weighted by atomic mass is 9.90. The average Bonchev–Trinajstić information content (AvgIpc) is 3.34. The van der Waals surface area contributed by atoms with Gasteiger partial charge in [0.2, 0.25) is 0 Å². The molecule has 3 heterocycles. The minimum Gasteiger partial charge on any atom is -0.479 e. The molecule has 0 spiro atoms. The van der Waals surface area contributed by atoms with E-state index in [1.54, 1.807) is 18.2 Å². The van der Waals surface area contributed by atoms with Gasteiger partial charge in [0.25, 0.3) is 0 Å². The van der Waals surface area contributed by atoms with E-state index in [4.69, 9.17) is 9.47 Å². The summed E-state index contributed by atoms with van der Waals surface area (Å²) < 4.78 is 52.5. The minimum absolute atomic E-state index is 0.128. The van der Waals surface area contributed by atoms with E-state index in [9.17, 15) is 38.4 Å². The molecule has 1 saturated heterocycles. The number of hydrogen-bond donors (Lipinski definition) is 4. The summed E-state index contributed by atoms with van der Waals surface area (Å²) in [7, 11) is 0. The third-order valence-corrected chi connectivity index (χ3v) is 5.70. The SMILES string of the molecule is O=C(O)[C@@H](OCc1ccccn1)[C@@H]1OC(CO)[C@H](O)C(n2cc(-c3cc(F)c(F)c(F)c3)nn2)C1O. The predicted octanol–water partition coefficient (Wildman–Crippen LogP) is 0.450. The van der Waals surface area contributed by atoms with Crippen LogP contribution in [0.5, 0.6) is 0 Å². The molecule has 0 radical (unpaired) electrons. The van der Waals surface area contributed by atoms with Crippen molar-refractivity contribution in [2.24, 2.45) is 0 Å². The molecule has 1 aromatic carbocycles. The van der Waals surface area contributed by atoms with Gasteiger partial charge in [-0.1, -0.05) is 11.3 Å². The molecular formula is C22H21F3N4O7. The van der Waals surface area contributed by atoms with Gasteiger partial charge in [0.15, 0.2) is 23.6 Å². The first-order chi connectivity index (χ1) is 17.2. The van der Waals surface area contributed by atoms with Crippen molar-refractivity contribution in [1.82, 2.24) is 20.0 Å². The number of aliphatic hydroxyl groups excluding tert-OH is 3. The number of carboxylic acid groups (broad SMARTS) is 1. The van der Waals surface area contributed by atoms with Crippen LogP contribution in [0.1, 0.15) is 11.7 Å². The maximum absolute atomic E-state index is 13.7. The summed E-state index contributed by atoms with van der Waals surface area (Å²) in [6.07, 6.45) is -5.41. The third-order valence-electron chi connectivity index (χ3n) is 5.70. The van der Waals surface area contributed by atoms with Crippen LogP contribution in [0.25, 0.3) is 11.3 Å². The standard InChI is InChI=1S/C22H21F3N4O7/c23-12-5-10(6-13(24)16(12)25)14-7-29(28-27-14)17-18(31)15(8-30)36-20(19(17)32)21(22(33)34)35-9-11-3-1-2-4-26-11/h1-7,15,17-21,30-32H,8-9H2,(H,33,34)/t15?,17?,18-,19?,20+,21-/m0/s1. The first kappa shape index (κ1) is 25.7. The van der Waals surface area contributed by atoms with Crippen LogP contribution >= 0.6 is 0 Å². The van der Waals surface area contributed by atoms with Crippen molar-refractivity contribution in [3.63, 3.8) is 0 Å². The van der Waals surface area contributed by atoms with E-state index >= 15 is 0 Å². The van der Waals surface area contributed by atoms with Crippen molar-refractivity contribution in [1.29, 1.82) is 0 Å². The molecular weight excluding hydrogens is 489 g/mol. The number of halogens is 3. The van der Waals surface area contributed by atoms with E-state index in [2.05, 4.69) is 15.3 Å². The lowest BCUT2D eigenvalue weighted by Crippen LogP contribution is -2.60. The van der Waals surface area contributed by atoms with E-state index < -0.39 is 66.6 Å². The van der Waals surface area contributed by atoms with Crippen LogP contribution in [-0.4, -0.2) is 83.5 Å². The number of benzene rings is 1. The topological polar surface area (TPSA) is 160 Å². The molecule has 1 fully saturated rings. The van der Waals surface area contributed by atoms with Gasteiger partial charge in [-0.15, -0.1) is 5.10 Å². The second kappa shape index (κ2) is 10.7. The van der Waals surface area contributed by atoms with Gasteiger partial charge in [0.05, 0.1) is 25.1 Å². The van der Waals surface area contributed by atoms with E-state index in [0.717, 1.165) is 10.9 Å². The van der Waals surface area contributed by atoms with E-state index in [1.807, 2.05) is 0 Å². The Labute approximate surface area is 201 Å².